The van der Waals surface area contributed by atoms with Gasteiger partial charge in [-0.1, -0.05) is 55.7 Å². The minimum absolute atomic E-state index is 0.323. The van der Waals surface area contributed by atoms with Crippen LogP contribution in [-0.4, -0.2) is 27.3 Å². The molecule has 2 aromatic rings. The van der Waals surface area contributed by atoms with Crippen LogP contribution in [0.4, 0.5) is 0 Å². The second-order valence-electron chi connectivity index (χ2n) is 7.57. The van der Waals surface area contributed by atoms with E-state index in [4.69, 9.17) is 9.47 Å². The molecule has 9 heteroatoms. The molecule has 0 saturated carbocycles. The van der Waals surface area contributed by atoms with E-state index in [1.807, 2.05) is 44.2 Å². The fourth-order valence-corrected chi connectivity index (χ4v) is 4.11. The van der Waals surface area contributed by atoms with Gasteiger partial charge in [0.15, 0.2) is 0 Å². The van der Waals surface area contributed by atoms with Gasteiger partial charge in [-0.2, -0.15) is 0 Å². The van der Waals surface area contributed by atoms with Crippen LogP contribution in [0.3, 0.4) is 0 Å². The normalized spacial score (nSPS) is 25.8. The van der Waals surface area contributed by atoms with E-state index >= 15 is 0 Å². The van der Waals surface area contributed by atoms with Crippen molar-refractivity contribution in [2.24, 2.45) is 5.11 Å². The monoisotopic (exact) mass is 413 g/mol. The van der Waals surface area contributed by atoms with Gasteiger partial charge < -0.3 is 9.47 Å². The SMILES string of the molecule is CCC[C@]1(CC)O[C@@H](n2cc(C)c(=O)[nH]c2=O)[C@@H](N=[N+]=[N-])C1OCc1ccccc1. The third-order valence-corrected chi connectivity index (χ3v) is 5.63. The smallest absolute Gasteiger partial charge is 0.330 e. The number of hydrogen-bond acceptors (Lipinski definition) is 5. The average Bonchev–Trinajstić information content (AvgIpc) is 3.04. The van der Waals surface area contributed by atoms with Gasteiger partial charge in [0.1, 0.15) is 12.3 Å². The third kappa shape index (κ3) is 4.18. The number of benzene rings is 1. The van der Waals surface area contributed by atoms with E-state index in [-0.39, 0.29) is 0 Å². The van der Waals surface area contributed by atoms with Gasteiger partial charge >= 0.3 is 5.69 Å². The molecule has 1 N–H and O–H groups in total. The molecule has 4 atom stereocenters. The number of nitrogens with zero attached hydrogens (tertiary/aromatic N) is 4. The molecule has 0 bridgehead atoms. The highest BCUT2D eigenvalue weighted by atomic mass is 16.6. The van der Waals surface area contributed by atoms with E-state index in [9.17, 15) is 15.1 Å². The van der Waals surface area contributed by atoms with Crippen LogP contribution in [0, 0.1) is 6.92 Å². The number of aryl methyl sites for hydroxylation is 1. The Bertz CT molecular complexity index is 1030. The number of nitrogens with one attached hydrogen (secondary N) is 1. The predicted molar refractivity (Wildman–Crippen MR) is 112 cm³/mol. The average molecular weight is 413 g/mol. The molecule has 160 valence electrons. The van der Waals surface area contributed by atoms with Crippen LogP contribution < -0.4 is 11.2 Å². The number of aromatic amines is 1. The lowest BCUT2D eigenvalue weighted by molar-refractivity contribution is -0.128. The van der Waals surface area contributed by atoms with Crippen molar-refractivity contribution in [3.05, 3.63) is 78.9 Å². The van der Waals surface area contributed by atoms with Crippen LogP contribution >= 0.6 is 0 Å². The number of azide groups is 1. The zero-order chi connectivity index (χ0) is 21.7. The molecule has 1 aromatic carbocycles. The van der Waals surface area contributed by atoms with Crippen molar-refractivity contribution < 1.29 is 9.47 Å². The molecule has 1 unspecified atom stereocenters. The van der Waals surface area contributed by atoms with Gasteiger partial charge in [0.25, 0.3) is 5.56 Å². The van der Waals surface area contributed by atoms with E-state index in [2.05, 4.69) is 15.0 Å². The summed E-state index contributed by atoms with van der Waals surface area (Å²) < 4.78 is 14.0. The largest absolute Gasteiger partial charge is 0.370 e. The Morgan fingerprint density at radius 3 is 2.67 bits per heavy atom. The standard InChI is InChI=1S/C21H27N5O4/c1-4-11-21(5-2)17(29-13-15-9-7-6-8-10-15)16(24-25-22)19(30-21)26-12-14(3)18(27)23-20(26)28/h6-10,12,16-17,19H,4-5,11,13H2,1-3H3,(H,23,27,28)/t16-,17?,19+,21-/m0/s1. The first-order valence-corrected chi connectivity index (χ1v) is 10.2. The zero-order valence-electron chi connectivity index (χ0n) is 17.4. The molecule has 0 aliphatic carbocycles. The van der Waals surface area contributed by atoms with E-state index in [0.717, 1.165) is 12.0 Å². The van der Waals surface area contributed by atoms with Crippen LogP contribution in [0.2, 0.25) is 0 Å². The highest BCUT2D eigenvalue weighted by Gasteiger charge is 2.55. The van der Waals surface area contributed by atoms with E-state index in [0.29, 0.717) is 25.0 Å². The van der Waals surface area contributed by atoms with E-state index < -0.39 is 35.2 Å². The summed E-state index contributed by atoms with van der Waals surface area (Å²) in [5, 5.41) is 3.97. The number of H-pyrrole nitrogens is 1. The molecule has 1 saturated heterocycles. The number of rotatable bonds is 8. The van der Waals surface area contributed by atoms with Gasteiger partial charge in [0, 0.05) is 16.7 Å². The first kappa shape index (κ1) is 21.8. The van der Waals surface area contributed by atoms with Crippen LogP contribution in [0.15, 0.2) is 51.2 Å². The summed E-state index contributed by atoms with van der Waals surface area (Å²) in [7, 11) is 0. The van der Waals surface area contributed by atoms with Gasteiger partial charge in [0.05, 0.1) is 18.3 Å². The van der Waals surface area contributed by atoms with Gasteiger partial charge in [-0.25, -0.2) is 4.79 Å². The summed E-state index contributed by atoms with van der Waals surface area (Å²) in [5.41, 5.74) is 8.79. The second kappa shape index (κ2) is 9.30. The number of ether oxygens (including phenoxy) is 2. The third-order valence-electron chi connectivity index (χ3n) is 5.63. The minimum atomic E-state index is -0.878. The molecule has 3 rings (SSSR count). The summed E-state index contributed by atoms with van der Waals surface area (Å²) >= 11 is 0. The van der Waals surface area contributed by atoms with E-state index in [1.54, 1.807) is 6.92 Å². The van der Waals surface area contributed by atoms with Gasteiger partial charge in [-0.05, 0) is 30.9 Å². The Morgan fingerprint density at radius 2 is 2.03 bits per heavy atom. The van der Waals surface area contributed by atoms with Crippen molar-refractivity contribution >= 4 is 0 Å². The molecule has 9 nitrogen and oxygen atoms in total. The maximum absolute atomic E-state index is 12.5. The first-order chi connectivity index (χ1) is 14.5. The zero-order valence-corrected chi connectivity index (χ0v) is 17.4. The molecule has 0 radical (unpaired) electrons. The van der Waals surface area contributed by atoms with Crippen molar-refractivity contribution in [2.45, 2.75) is 70.6 Å². The second-order valence-corrected chi connectivity index (χ2v) is 7.57. The fraction of sp³-hybridized carbons (Fsp3) is 0.524. The van der Waals surface area contributed by atoms with Crippen LogP contribution in [-0.2, 0) is 16.1 Å². The topological polar surface area (TPSA) is 122 Å². The molecule has 1 aliphatic rings. The molecular formula is C21H27N5O4. The molecule has 1 aliphatic heterocycles. The number of hydrogen-bond donors (Lipinski definition) is 1. The molecule has 30 heavy (non-hydrogen) atoms. The molecular weight excluding hydrogens is 386 g/mol. The lowest BCUT2D eigenvalue weighted by atomic mass is 9.87. The van der Waals surface area contributed by atoms with Crippen molar-refractivity contribution in [2.75, 3.05) is 0 Å². The molecule has 1 fully saturated rings. The highest BCUT2D eigenvalue weighted by molar-refractivity contribution is 5.14. The van der Waals surface area contributed by atoms with Gasteiger partial charge in [0.2, 0.25) is 0 Å². The maximum atomic E-state index is 12.5. The summed E-state index contributed by atoms with van der Waals surface area (Å²) in [6, 6.07) is 8.93. The lowest BCUT2D eigenvalue weighted by Gasteiger charge is -2.34. The Morgan fingerprint density at radius 1 is 1.30 bits per heavy atom. The predicted octanol–water partition coefficient (Wildman–Crippen LogP) is 3.59. The van der Waals surface area contributed by atoms with Crippen LogP contribution in [0.1, 0.15) is 50.5 Å². The van der Waals surface area contributed by atoms with Crippen molar-refractivity contribution in [3.8, 4) is 0 Å². The quantitative estimate of drug-likeness (QED) is 0.404. The summed E-state index contributed by atoms with van der Waals surface area (Å²) in [5.74, 6) is 0. The number of aromatic nitrogens is 2. The van der Waals surface area contributed by atoms with Gasteiger partial charge in [-0.15, -0.1) is 0 Å². The molecule has 0 spiro atoms. The Labute approximate surface area is 174 Å². The Hall–Kier alpha value is -2.87. The molecule has 2 heterocycles. The fourth-order valence-electron chi connectivity index (χ4n) is 4.11. The summed E-state index contributed by atoms with van der Waals surface area (Å²) in [6.07, 6.45) is 2.13. The van der Waals surface area contributed by atoms with Crippen molar-refractivity contribution in [1.82, 2.24) is 9.55 Å². The maximum Gasteiger partial charge on any atom is 0.330 e. The lowest BCUT2D eigenvalue weighted by Crippen LogP contribution is -2.44. The summed E-state index contributed by atoms with van der Waals surface area (Å²) in [6.45, 7) is 5.96. The Balaban J connectivity index is 2.04. The summed E-state index contributed by atoms with van der Waals surface area (Å²) in [4.78, 5) is 29.6. The molecule has 1 aromatic heterocycles. The van der Waals surface area contributed by atoms with Crippen molar-refractivity contribution in [3.63, 3.8) is 0 Å². The first-order valence-electron chi connectivity index (χ1n) is 10.2. The Kier molecular flexibility index (Phi) is 6.77. The highest BCUT2D eigenvalue weighted by Crippen LogP contribution is 2.45. The van der Waals surface area contributed by atoms with Crippen LogP contribution in [0.25, 0.3) is 10.4 Å². The van der Waals surface area contributed by atoms with Crippen LogP contribution in [0.5, 0.6) is 0 Å². The van der Waals surface area contributed by atoms with Gasteiger partial charge in [-0.3, -0.25) is 14.3 Å². The van der Waals surface area contributed by atoms with E-state index in [1.165, 1.54) is 10.8 Å². The minimum Gasteiger partial charge on any atom is -0.370 e. The van der Waals surface area contributed by atoms with Crippen molar-refractivity contribution in [1.29, 1.82) is 0 Å². The molecule has 0 amide bonds.